The quantitative estimate of drug-likeness (QED) is 0.788. The molecule has 7 heteroatoms. The first-order valence-corrected chi connectivity index (χ1v) is 8.89. The number of hydrogen-bond donors (Lipinski definition) is 0. The van der Waals surface area contributed by atoms with Crippen LogP contribution >= 0.6 is 0 Å². The molecule has 1 aromatic heterocycles. The first-order chi connectivity index (χ1) is 8.98. The first-order valence-electron chi connectivity index (χ1n) is 5.84. The molecule has 1 heterocycles. The van der Waals surface area contributed by atoms with Gasteiger partial charge in [-0.15, -0.1) is 0 Å². The van der Waals surface area contributed by atoms with Crippen LogP contribution in [0.5, 0.6) is 0 Å². The summed E-state index contributed by atoms with van der Waals surface area (Å²) in [5, 5.41) is 0. The van der Waals surface area contributed by atoms with Crippen LogP contribution in [-0.4, -0.2) is 41.1 Å². The van der Waals surface area contributed by atoms with Crippen LogP contribution in [0, 0.1) is 6.92 Å². The molecular weight excluding hydrogens is 333 g/mol. The number of rotatable bonds is 4. The van der Waals surface area contributed by atoms with E-state index in [1.54, 1.807) is 13.8 Å². The molecule has 0 spiro atoms. The second-order valence-electron chi connectivity index (χ2n) is 3.42. The zero-order valence-corrected chi connectivity index (χ0v) is 13.6. The van der Waals surface area contributed by atoms with E-state index < -0.39 is 10.4 Å². The van der Waals surface area contributed by atoms with Gasteiger partial charge < -0.3 is 0 Å². The second kappa shape index (κ2) is 7.77. The number of hydrogen-bond acceptors (Lipinski definition) is 5. The SMILES string of the molecule is CCOS(=O)(=O)OCC.Cc1nc2ccccc2[se]1. The molecule has 0 atom stereocenters. The average Bonchev–Trinajstić information content (AvgIpc) is 2.69. The van der Waals surface area contributed by atoms with E-state index in [-0.39, 0.29) is 13.2 Å². The maximum absolute atomic E-state index is 10.4. The summed E-state index contributed by atoms with van der Waals surface area (Å²) in [4.78, 5) is 4.40. The maximum atomic E-state index is 10.4. The third-order valence-electron chi connectivity index (χ3n) is 1.93. The van der Waals surface area contributed by atoms with Crippen LogP contribution in [-0.2, 0) is 18.8 Å². The Balaban J connectivity index is 0.000000192. The van der Waals surface area contributed by atoms with Crippen molar-refractivity contribution in [2.24, 2.45) is 0 Å². The molecule has 0 unspecified atom stereocenters. The normalized spacial score (nSPS) is 11.1. The Morgan fingerprint density at radius 2 is 1.74 bits per heavy atom. The van der Waals surface area contributed by atoms with Crippen LogP contribution in [0.2, 0.25) is 0 Å². The summed E-state index contributed by atoms with van der Waals surface area (Å²) in [6, 6.07) is 8.36. The van der Waals surface area contributed by atoms with E-state index in [1.165, 1.54) is 14.3 Å². The van der Waals surface area contributed by atoms with Crippen molar-refractivity contribution in [1.29, 1.82) is 0 Å². The first kappa shape index (κ1) is 16.3. The molecular formula is C12H17NO4SSe. The fraction of sp³-hybridized carbons (Fsp3) is 0.417. The standard InChI is InChI=1S/C8H7NSe.C4H10O4S/c1-6-9-7-4-2-3-5-8(7)10-6;1-3-7-9(5,6)8-4-2/h2-5H,1H3;3-4H2,1-2H3. The molecule has 0 amide bonds. The van der Waals surface area contributed by atoms with Gasteiger partial charge in [-0.25, -0.2) is 8.37 Å². The van der Waals surface area contributed by atoms with Crippen molar-refractivity contribution >= 4 is 34.7 Å². The summed E-state index contributed by atoms with van der Waals surface area (Å²) >= 11 is 0.511. The molecule has 0 N–H and O–H groups in total. The number of aromatic nitrogens is 1. The molecule has 0 aliphatic heterocycles. The fourth-order valence-corrected chi connectivity index (χ4v) is 3.69. The van der Waals surface area contributed by atoms with E-state index in [9.17, 15) is 8.42 Å². The van der Waals surface area contributed by atoms with Crippen molar-refractivity contribution in [1.82, 2.24) is 4.98 Å². The van der Waals surface area contributed by atoms with Gasteiger partial charge in [-0.3, -0.25) is 0 Å². The number of benzene rings is 1. The number of para-hydroxylation sites is 1. The minimum atomic E-state index is -3.68. The molecule has 0 fully saturated rings. The summed E-state index contributed by atoms with van der Waals surface area (Å²) in [6.07, 6.45) is 0. The van der Waals surface area contributed by atoms with Crippen LogP contribution < -0.4 is 0 Å². The Bertz CT molecular complexity index is 564. The molecule has 1 aromatic carbocycles. The monoisotopic (exact) mass is 351 g/mol. The van der Waals surface area contributed by atoms with Crippen molar-refractivity contribution in [3.05, 3.63) is 28.8 Å². The molecule has 0 aliphatic rings. The second-order valence-corrected chi connectivity index (χ2v) is 7.30. The van der Waals surface area contributed by atoms with E-state index in [0.29, 0.717) is 14.5 Å². The van der Waals surface area contributed by atoms with Gasteiger partial charge in [0.1, 0.15) is 0 Å². The van der Waals surface area contributed by atoms with Gasteiger partial charge in [0.15, 0.2) is 0 Å². The van der Waals surface area contributed by atoms with Crippen molar-refractivity contribution in [3.8, 4) is 0 Å². The molecule has 0 radical (unpaired) electrons. The van der Waals surface area contributed by atoms with Crippen molar-refractivity contribution in [2.75, 3.05) is 13.2 Å². The molecule has 5 nitrogen and oxygen atoms in total. The Hall–Kier alpha value is -0.721. The van der Waals surface area contributed by atoms with Crippen molar-refractivity contribution in [3.63, 3.8) is 0 Å². The van der Waals surface area contributed by atoms with Gasteiger partial charge in [0.2, 0.25) is 0 Å². The third kappa shape index (κ3) is 5.84. The summed E-state index contributed by atoms with van der Waals surface area (Å²) in [6.45, 7) is 5.48. The van der Waals surface area contributed by atoms with Crippen LogP contribution in [0.15, 0.2) is 24.3 Å². The molecule has 0 aliphatic carbocycles. The predicted octanol–water partition coefficient (Wildman–Crippen LogP) is 1.90. The third-order valence-corrected chi connectivity index (χ3v) is 4.97. The van der Waals surface area contributed by atoms with Gasteiger partial charge in [0.25, 0.3) is 0 Å². The molecule has 0 saturated carbocycles. The minimum absolute atomic E-state index is 0.113. The van der Waals surface area contributed by atoms with E-state index in [2.05, 4.69) is 38.5 Å². The zero-order valence-electron chi connectivity index (χ0n) is 11.1. The van der Waals surface area contributed by atoms with Gasteiger partial charge >= 0.3 is 75.4 Å². The number of fused-ring (bicyclic) bond motifs is 1. The van der Waals surface area contributed by atoms with E-state index in [4.69, 9.17) is 0 Å². The number of nitrogens with zero attached hydrogens (tertiary/aromatic N) is 1. The van der Waals surface area contributed by atoms with Crippen LogP contribution in [0.3, 0.4) is 0 Å². The van der Waals surface area contributed by atoms with Gasteiger partial charge in [-0.2, -0.15) is 8.42 Å². The van der Waals surface area contributed by atoms with Crippen molar-refractivity contribution < 1.29 is 16.8 Å². The molecule has 2 aromatic rings. The van der Waals surface area contributed by atoms with Gasteiger partial charge in [0, 0.05) is 0 Å². The molecule has 106 valence electrons. The van der Waals surface area contributed by atoms with E-state index in [1.807, 2.05) is 6.07 Å². The summed E-state index contributed by atoms with van der Waals surface area (Å²) in [5.74, 6) is 0. The van der Waals surface area contributed by atoms with Gasteiger partial charge in [0.05, 0.1) is 13.2 Å². The molecule has 19 heavy (non-hydrogen) atoms. The topological polar surface area (TPSA) is 65.5 Å². The van der Waals surface area contributed by atoms with Crippen LogP contribution in [0.25, 0.3) is 9.78 Å². The zero-order chi connectivity index (χ0) is 14.3. The van der Waals surface area contributed by atoms with Crippen molar-refractivity contribution in [2.45, 2.75) is 20.8 Å². The summed E-state index contributed by atoms with van der Waals surface area (Å²) in [5.41, 5.74) is 1.18. The Kier molecular flexibility index (Phi) is 6.68. The molecule has 2 rings (SSSR count). The number of aryl methyl sites for hydroxylation is 1. The summed E-state index contributed by atoms with van der Waals surface area (Å²) < 4.78 is 31.9. The Morgan fingerprint density at radius 3 is 2.26 bits per heavy atom. The van der Waals surface area contributed by atoms with Gasteiger partial charge in [-0.05, 0) is 13.8 Å². The molecule has 0 saturated heterocycles. The van der Waals surface area contributed by atoms with Gasteiger partial charge in [-0.1, -0.05) is 0 Å². The predicted molar refractivity (Wildman–Crippen MR) is 75.6 cm³/mol. The Morgan fingerprint density at radius 1 is 1.16 bits per heavy atom. The van der Waals surface area contributed by atoms with E-state index >= 15 is 0 Å². The van der Waals surface area contributed by atoms with Crippen LogP contribution in [0.4, 0.5) is 0 Å². The fourth-order valence-electron chi connectivity index (χ4n) is 1.31. The Labute approximate surface area is 119 Å². The van der Waals surface area contributed by atoms with E-state index in [0.717, 1.165) is 0 Å². The van der Waals surface area contributed by atoms with Crippen LogP contribution in [0.1, 0.15) is 18.4 Å². The summed E-state index contributed by atoms with van der Waals surface area (Å²) in [7, 11) is -3.68. The average molecular weight is 350 g/mol. The molecule has 0 bridgehead atoms.